The van der Waals surface area contributed by atoms with Gasteiger partial charge in [0.2, 0.25) is 0 Å². The maximum atomic E-state index is 10.9. The fourth-order valence-corrected chi connectivity index (χ4v) is 2.27. The zero-order valence-corrected chi connectivity index (χ0v) is 11.4. The van der Waals surface area contributed by atoms with Crippen molar-refractivity contribution in [3.05, 3.63) is 47.8 Å². The molecule has 2 aromatic heterocycles. The summed E-state index contributed by atoms with van der Waals surface area (Å²) in [5, 5.41) is 0. The van der Waals surface area contributed by atoms with Crippen LogP contribution in [-0.2, 0) is 11.0 Å². The first-order valence-electron chi connectivity index (χ1n) is 5.86. The van der Waals surface area contributed by atoms with E-state index in [1.807, 2.05) is 25.1 Å². The molecular weight excluding hydrogens is 263 g/mol. The fraction of sp³-hybridized carbons (Fsp3) is 0.231. The predicted octanol–water partition coefficient (Wildman–Crippen LogP) is 2.17. The lowest BCUT2D eigenvalue weighted by Crippen LogP contribution is -1.96. The van der Waals surface area contributed by atoms with E-state index in [2.05, 4.69) is 9.97 Å². The van der Waals surface area contributed by atoms with Crippen LogP contribution < -0.4 is 0 Å². The molecule has 0 aliphatic heterocycles. The molecule has 0 saturated heterocycles. The first kappa shape index (κ1) is 13.9. The van der Waals surface area contributed by atoms with Crippen molar-refractivity contribution in [1.29, 1.82) is 0 Å². The number of rotatable bonds is 4. The average Bonchev–Trinajstić information content (AvgIpc) is 2.36. The van der Waals surface area contributed by atoms with Gasteiger partial charge in [0.05, 0.1) is 17.5 Å². The topological polar surface area (TPSA) is 83.3 Å². The molecule has 0 unspecified atom stereocenters. The molecule has 0 fully saturated rings. The quantitative estimate of drug-likeness (QED) is 0.837. The third kappa shape index (κ3) is 4.24. The van der Waals surface area contributed by atoms with Crippen LogP contribution in [0.25, 0.3) is 11.4 Å². The van der Waals surface area contributed by atoms with Crippen molar-refractivity contribution in [2.45, 2.75) is 13.3 Å². The van der Waals surface area contributed by atoms with E-state index in [0.29, 0.717) is 12.1 Å². The maximum absolute atomic E-state index is 10.9. The number of pyridine rings is 2. The highest BCUT2D eigenvalue weighted by atomic mass is 31.2. The van der Waals surface area contributed by atoms with Crippen molar-refractivity contribution in [3.63, 3.8) is 0 Å². The highest BCUT2D eigenvalue weighted by Gasteiger charge is 2.13. The van der Waals surface area contributed by atoms with Gasteiger partial charge in [0.1, 0.15) is 0 Å². The van der Waals surface area contributed by atoms with E-state index in [-0.39, 0.29) is 6.16 Å². The van der Waals surface area contributed by atoms with Gasteiger partial charge in [0.15, 0.2) is 0 Å². The third-order valence-corrected chi connectivity index (χ3v) is 3.50. The summed E-state index contributed by atoms with van der Waals surface area (Å²) in [6, 6.07) is 7.41. The molecular formula is C13H15N2O3P. The molecule has 2 rings (SSSR count). The molecule has 0 aliphatic rings. The van der Waals surface area contributed by atoms with Crippen LogP contribution >= 0.6 is 7.60 Å². The van der Waals surface area contributed by atoms with Crippen LogP contribution in [0, 0.1) is 6.92 Å². The minimum absolute atomic E-state index is 0.155. The number of nitrogens with zero attached hydrogens (tertiary/aromatic N) is 2. The molecule has 2 N–H and O–H groups in total. The summed E-state index contributed by atoms with van der Waals surface area (Å²) in [5.41, 5.74) is 3.41. The molecule has 0 saturated carbocycles. The molecule has 2 heterocycles. The van der Waals surface area contributed by atoms with Crippen molar-refractivity contribution in [3.8, 4) is 11.4 Å². The predicted molar refractivity (Wildman–Crippen MR) is 72.8 cm³/mol. The summed E-state index contributed by atoms with van der Waals surface area (Å²) in [6.45, 7) is 1.98. The zero-order chi connectivity index (χ0) is 13.9. The van der Waals surface area contributed by atoms with Crippen molar-refractivity contribution < 1.29 is 14.4 Å². The Bertz CT molecular complexity index is 625. The van der Waals surface area contributed by atoms with E-state index in [9.17, 15) is 4.57 Å². The second kappa shape index (κ2) is 5.61. The van der Waals surface area contributed by atoms with Crippen molar-refractivity contribution in [1.82, 2.24) is 9.97 Å². The van der Waals surface area contributed by atoms with Crippen LogP contribution in [-0.4, -0.2) is 25.9 Å². The van der Waals surface area contributed by atoms with Gasteiger partial charge in [-0.2, -0.15) is 0 Å². The van der Waals surface area contributed by atoms with E-state index in [4.69, 9.17) is 9.79 Å². The Balaban J connectivity index is 2.22. The Morgan fingerprint density at radius 1 is 1.11 bits per heavy atom. The van der Waals surface area contributed by atoms with Gasteiger partial charge in [-0.05, 0) is 48.7 Å². The Morgan fingerprint density at radius 3 is 2.37 bits per heavy atom. The van der Waals surface area contributed by atoms with Crippen LogP contribution in [0.4, 0.5) is 0 Å². The monoisotopic (exact) mass is 278 g/mol. The molecule has 0 aliphatic carbocycles. The minimum atomic E-state index is -3.96. The molecule has 0 aromatic carbocycles. The highest BCUT2D eigenvalue weighted by Crippen LogP contribution is 2.35. The van der Waals surface area contributed by atoms with Gasteiger partial charge in [-0.3, -0.25) is 14.5 Å². The maximum Gasteiger partial charge on any atom is 0.325 e. The molecule has 0 amide bonds. The van der Waals surface area contributed by atoms with Gasteiger partial charge >= 0.3 is 7.60 Å². The normalized spacial score (nSPS) is 11.5. The first-order chi connectivity index (χ1) is 8.94. The molecule has 5 nitrogen and oxygen atoms in total. The van der Waals surface area contributed by atoms with Crippen LogP contribution in [0.1, 0.15) is 11.1 Å². The van der Waals surface area contributed by atoms with Crippen molar-refractivity contribution >= 4 is 7.60 Å². The molecule has 6 heteroatoms. The summed E-state index contributed by atoms with van der Waals surface area (Å²) < 4.78 is 10.9. The number of hydrogen-bond donors (Lipinski definition) is 2. The van der Waals surface area contributed by atoms with Gasteiger partial charge < -0.3 is 9.79 Å². The molecule has 0 radical (unpaired) electrons. The largest absolute Gasteiger partial charge is 0.325 e. The van der Waals surface area contributed by atoms with Gasteiger partial charge in [-0.25, -0.2) is 0 Å². The summed E-state index contributed by atoms with van der Waals surface area (Å²) in [5.74, 6) is 0. The highest BCUT2D eigenvalue weighted by molar-refractivity contribution is 7.51. The molecule has 0 bridgehead atoms. The summed E-state index contributed by atoms with van der Waals surface area (Å²) >= 11 is 0. The number of aromatic nitrogens is 2. The molecule has 0 atom stereocenters. The van der Waals surface area contributed by atoms with Crippen LogP contribution in [0.5, 0.6) is 0 Å². The standard InChI is InChI=1S/C13H15N2O3P/c1-10-2-5-14-12(8-10)13-9-11(3-6-15-13)4-7-19(16,17)18/h2-3,5-6,8-9H,4,7H2,1H3,(H2,16,17,18). The van der Waals surface area contributed by atoms with Crippen molar-refractivity contribution in [2.24, 2.45) is 0 Å². The molecule has 100 valence electrons. The minimum Gasteiger partial charge on any atom is -0.324 e. The number of aryl methyl sites for hydroxylation is 2. The third-order valence-electron chi connectivity index (χ3n) is 2.69. The van der Waals surface area contributed by atoms with Gasteiger partial charge in [-0.15, -0.1) is 0 Å². The lowest BCUT2D eigenvalue weighted by molar-refractivity contribution is 0.373. The van der Waals surface area contributed by atoms with Gasteiger partial charge in [0, 0.05) is 12.4 Å². The van der Waals surface area contributed by atoms with Crippen molar-refractivity contribution in [2.75, 3.05) is 6.16 Å². The SMILES string of the molecule is Cc1ccnc(-c2cc(CCP(=O)(O)O)ccn2)c1. The Kier molecular flexibility index (Phi) is 4.10. The van der Waals surface area contributed by atoms with E-state index < -0.39 is 7.60 Å². The second-order valence-electron chi connectivity index (χ2n) is 4.41. The number of hydrogen-bond acceptors (Lipinski definition) is 3. The second-order valence-corrected chi connectivity index (χ2v) is 6.18. The zero-order valence-electron chi connectivity index (χ0n) is 10.5. The van der Waals surface area contributed by atoms with E-state index >= 15 is 0 Å². The molecule has 19 heavy (non-hydrogen) atoms. The van der Waals surface area contributed by atoms with E-state index in [0.717, 1.165) is 16.8 Å². The summed E-state index contributed by atoms with van der Waals surface area (Å²) in [4.78, 5) is 26.3. The fourth-order valence-electron chi connectivity index (χ4n) is 1.72. The Morgan fingerprint density at radius 2 is 1.74 bits per heavy atom. The van der Waals surface area contributed by atoms with E-state index in [1.165, 1.54) is 0 Å². The van der Waals surface area contributed by atoms with Crippen LogP contribution in [0.2, 0.25) is 0 Å². The lowest BCUT2D eigenvalue weighted by atomic mass is 10.1. The summed E-state index contributed by atoms with van der Waals surface area (Å²) in [6.07, 6.45) is 3.52. The molecule has 2 aromatic rings. The first-order valence-corrected chi connectivity index (χ1v) is 7.66. The van der Waals surface area contributed by atoms with Gasteiger partial charge in [-0.1, -0.05) is 0 Å². The lowest BCUT2D eigenvalue weighted by Gasteiger charge is -2.06. The Labute approximate surface area is 111 Å². The van der Waals surface area contributed by atoms with Gasteiger partial charge in [0.25, 0.3) is 0 Å². The van der Waals surface area contributed by atoms with Crippen LogP contribution in [0.15, 0.2) is 36.7 Å². The summed E-state index contributed by atoms with van der Waals surface area (Å²) in [7, 11) is -3.96. The Hall–Kier alpha value is -1.55. The van der Waals surface area contributed by atoms with Crippen LogP contribution in [0.3, 0.4) is 0 Å². The molecule has 0 spiro atoms. The average molecular weight is 278 g/mol. The smallest absolute Gasteiger partial charge is 0.324 e. The van der Waals surface area contributed by atoms with E-state index in [1.54, 1.807) is 18.5 Å².